The van der Waals surface area contributed by atoms with Crippen LogP contribution < -0.4 is 14.4 Å². The second kappa shape index (κ2) is 13.8. The molecule has 0 heterocycles. The van der Waals surface area contributed by atoms with Gasteiger partial charge in [-0.3, -0.25) is 18.7 Å². The SMILES string of the molecule is CCCCNC(=O)[C@@H](CC)N(Cc1ccc(OC)cc1)C(=O)CN(c1cccc(C(C)=O)c1)S(C)(=O)=O. The van der Waals surface area contributed by atoms with Crippen LogP contribution in [0.3, 0.4) is 0 Å². The Hall–Kier alpha value is -3.40. The second-order valence-corrected chi connectivity index (χ2v) is 10.7. The average Bonchev–Trinajstić information content (AvgIpc) is 2.86. The molecule has 0 aliphatic rings. The van der Waals surface area contributed by atoms with Gasteiger partial charge in [0.25, 0.3) is 0 Å². The monoisotopic (exact) mass is 531 g/mol. The number of methoxy groups -OCH3 is 1. The fourth-order valence-electron chi connectivity index (χ4n) is 3.85. The van der Waals surface area contributed by atoms with Gasteiger partial charge in [0.1, 0.15) is 18.3 Å². The lowest BCUT2D eigenvalue weighted by molar-refractivity contribution is -0.140. The number of ketones is 1. The Bertz CT molecular complexity index is 1180. The smallest absolute Gasteiger partial charge is 0.244 e. The van der Waals surface area contributed by atoms with Crippen molar-refractivity contribution in [2.24, 2.45) is 0 Å². The largest absolute Gasteiger partial charge is 0.497 e. The van der Waals surface area contributed by atoms with E-state index >= 15 is 0 Å². The number of anilines is 1. The van der Waals surface area contributed by atoms with Crippen LogP contribution in [-0.2, 0) is 26.2 Å². The van der Waals surface area contributed by atoms with E-state index in [0.717, 1.165) is 29.0 Å². The number of carbonyl (C=O) groups excluding carboxylic acids is 3. The number of sulfonamides is 1. The molecule has 0 unspecified atom stereocenters. The minimum atomic E-state index is -3.88. The maximum atomic E-state index is 13.7. The molecular weight excluding hydrogens is 494 g/mol. The molecular formula is C27H37N3O6S. The first-order chi connectivity index (χ1) is 17.5. The van der Waals surface area contributed by atoms with E-state index in [4.69, 9.17) is 4.74 Å². The van der Waals surface area contributed by atoms with Crippen molar-refractivity contribution in [2.75, 3.05) is 30.8 Å². The predicted molar refractivity (Wildman–Crippen MR) is 144 cm³/mol. The Kier molecular flexibility index (Phi) is 11.1. The number of benzene rings is 2. The first-order valence-corrected chi connectivity index (χ1v) is 14.1. The molecule has 37 heavy (non-hydrogen) atoms. The third kappa shape index (κ3) is 8.59. The Morgan fingerprint density at radius 3 is 2.27 bits per heavy atom. The zero-order valence-electron chi connectivity index (χ0n) is 22.2. The molecule has 1 atom stereocenters. The summed E-state index contributed by atoms with van der Waals surface area (Å²) in [7, 11) is -2.33. The van der Waals surface area contributed by atoms with Gasteiger partial charge in [-0.15, -0.1) is 0 Å². The van der Waals surface area contributed by atoms with Gasteiger partial charge in [0.2, 0.25) is 21.8 Å². The molecule has 0 aliphatic heterocycles. The fraction of sp³-hybridized carbons (Fsp3) is 0.444. The van der Waals surface area contributed by atoms with Crippen LogP contribution in [0, 0.1) is 0 Å². The quantitative estimate of drug-likeness (QED) is 0.295. The van der Waals surface area contributed by atoms with Crippen molar-refractivity contribution < 1.29 is 27.5 Å². The van der Waals surface area contributed by atoms with Gasteiger partial charge in [-0.2, -0.15) is 0 Å². The standard InChI is InChI=1S/C27H37N3O6S/c1-6-8-16-28-27(33)25(7-2)29(18-21-12-14-24(36-4)15-13-21)26(32)19-30(37(5,34)35)23-11-9-10-22(17-23)20(3)31/h9-15,17,25H,6-8,16,18-19H2,1-5H3,(H,28,33)/t25-/m1/s1. The highest BCUT2D eigenvalue weighted by Gasteiger charge is 2.31. The van der Waals surface area contributed by atoms with Crippen LogP contribution >= 0.6 is 0 Å². The second-order valence-electron chi connectivity index (χ2n) is 8.81. The Morgan fingerprint density at radius 1 is 1.05 bits per heavy atom. The number of nitrogens with one attached hydrogen (secondary N) is 1. The zero-order chi connectivity index (χ0) is 27.6. The van der Waals surface area contributed by atoms with Gasteiger partial charge >= 0.3 is 0 Å². The van der Waals surface area contributed by atoms with Gasteiger partial charge < -0.3 is 15.0 Å². The normalized spacial score (nSPS) is 11.9. The van der Waals surface area contributed by atoms with Gasteiger partial charge in [0.05, 0.1) is 19.1 Å². The Morgan fingerprint density at radius 2 is 1.73 bits per heavy atom. The highest BCUT2D eigenvalue weighted by Crippen LogP contribution is 2.22. The molecule has 9 nitrogen and oxygen atoms in total. The van der Waals surface area contributed by atoms with Gasteiger partial charge in [-0.1, -0.05) is 44.5 Å². The van der Waals surface area contributed by atoms with Crippen LogP contribution in [-0.4, -0.2) is 63.4 Å². The molecule has 10 heteroatoms. The van der Waals surface area contributed by atoms with E-state index in [0.29, 0.717) is 24.3 Å². The summed E-state index contributed by atoms with van der Waals surface area (Å²) in [5, 5.41) is 2.89. The van der Waals surface area contributed by atoms with Crippen LogP contribution in [0.4, 0.5) is 5.69 Å². The lowest BCUT2D eigenvalue weighted by atomic mass is 10.1. The highest BCUT2D eigenvalue weighted by atomic mass is 32.2. The summed E-state index contributed by atoms with van der Waals surface area (Å²) >= 11 is 0. The third-order valence-electron chi connectivity index (χ3n) is 5.95. The molecule has 0 aliphatic carbocycles. The molecule has 0 radical (unpaired) electrons. The first-order valence-electron chi connectivity index (χ1n) is 12.3. The number of amides is 2. The van der Waals surface area contributed by atoms with E-state index in [-0.39, 0.29) is 23.9 Å². The molecule has 2 amide bonds. The van der Waals surface area contributed by atoms with Crippen molar-refractivity contribution in [3.05, 3.63) is 59.7 Å². The van der Waals surface area contributed by atoms with Crippen LogP contribution in [0.5, 0.6) is 5.75 Å². The van der Waals surface area contributed by atoms with E-state index in [1.807, 2.05) is 13.8 Å². The molecule has 1 N–H and O–H groups in total. The lowest BCUT2D eigenvalue weighted by Crippen LogP contribution is -2.52. The molecule has 0 saturated carbocycles. The molecule has 0 saturated heterocycles. The fourth-order valence-corrected chi connectivity index (χ4v) is 4.69. The van der Waals surface area contributed by atoms with E-state index in [2.05, 4.69) is 5.32 Å². The third-order valence-corrected chi connectivity index (χ3v) is 7.09. The van der Waals surface area contributed by atoms with E-state index in [1.54, 1.807) is 43.5 Å². The number of hydrogen-bond donors (Lipinski definition) is 1. The van der Waals surface area contributed by atoms with E-state index in [9.17, 15) is 22.8 Å². The summed E-state index contributed by atoms with van der Waals surface area (Å²) in [4.78, 5) is 40.0. The lowest BCUT2D eigenvalue weighted by Gasteiger charge is -2.33. The van der Waals surface area contributed by atoms with Crippen molar-refractivity contribution in [2.45, 2.75) is 52.6 Å². The Labute approximate surface area is 219 Å². The maximum absolute atomic E-state index is 13.7. The van der Waals surface area contributed by atoms with Gasteiger partial charge in [-0.05, 0) is 49.6 Å². The summed E-state index contributed by atoms with van der Waals surface area (Å²) in [6.45, 7) is 5.29. The topological polar surface area (TPSA) is 113 Å². The van der Waals surface area contributed by atoms with Gasteiger partial charge in [0.15, 0.2) is 5.78 Å². The molecule has 0 spiro atoms. The molecule has 2 aromatic carbocycles. The minimum absolute atomic E-state index is 0.105. The van der Waals surface area contributed by atoms with Crippen LogP contribution in [0.25, 0.3) is 0 Å². The summed E-state index contributed by atoms with van der Waals surface area (Å²) in [6, 6.07) is 12.4. The van der Waals surface area contributed by atoms with Crippen molar-refractivity contribution in [1.29, 1.82) is 0 Å². The van der Waals surface area contributed by atoms with E-state index < -0.39 is 28.5 Å². The first kappa shape index (κ1) is 29.8. The number of nitrogens with zero attached hydrogens (tertiary/aromatic N) is 2. The van der Waals surface area contributed by atoms with Crippen molar-refractivity contribution in [3.8, 4) is 5.75 Å². The molecule has 2 rings (SSSR count). The number of hydrogen-bond acceptors (Lipinski definition) is 6. The minimum Gasteiger partial charge on any atom is -0.497 e. The Balaban J connectivity index is 2.43. The van der Waals surface area contributed by atoms with Crippen LogP contribution in [0.15, 0.2) is 48.5 Å². The molecule has 0 aromatic heterocycles. The molecule has 202 valence electrons. The van der Waals surface area contributed by atoms with Crippen molar-refractivity contribution in [1.82, 2.24) is 10.2 Å². The summed E-state index contributed by atoms with van der Waals surface area (Å²) < 4.78 is 31.6. The number of rotatable bonds is 14. The number of unbranched alkanes of at least 4 members (excludes halogenated alkanes) is 1. The van der Waals surface area contributed by atoms with Gasteiger partial charge in [0, 0.05) is 18.7 Å². The number of carbonyl (C=O) groups is 3. The van der Waals surface area contributed by atoms with Gasteiger partial charge in [-0.25, -0.2) is 8.42 Å². The molecule has 0 bridgehead atoms. The molecule has 2 aromatic rings. The zero-order valence-corrected chi connectivity index (χ0v) is 23.0. The summed E-state index contributed by atoms with van der Waals surface area (Å²) in [5.41, 5.74) is 1.29. The number of Topliss-reactive ketones (excluding diaryl/α,β-unsaturated/α-hetero) is 1. The number of ether oxygens (including phenoxy) is 1. The van der Waals surface area contributed by atoms with Crippen molar-refractivity contribution >= 4 is 33.3 Å². The van der Waals surface area contributed by atoms with Crippen molar-refractivity contribution in [3.63, 3.8) is 0 Å². The maximum Gasteiger partial charge on any atom is 0.244 e. The summed E-state index contributed by atoms with van der Waals surface area (Å²) in [5.74, 6) is -0.397. The summed E-state index contributed by atoms with van der Waals surface area (Å²) in [6.07, 6.45) is 3.07. The van der Waals surface area contributed by atoms with Crippen LogP contribution in [0.2, 0.25) is 0 Å². The average molecular weight is 532 g/mol. The predicted octanol–water partition coefficient (Wildman–Crippen LogP) is 3.39. The van der Waals surface area contributed by atoms with E-state index in [1.165, 1.54) is 24.0 Å². The molecule has 0 fully saturated rings. The highest BCUT2D eigenvalue weighted by molar-refractivity contribution is 7.92. The van der Waals surface area contributed by atoms with Crippen LogP contribution in [0.1, 0.15) is 56.0 Å².